The molecule has 0 aliphatic rings. The van der Waals surface area contributed by atoms with E-state index in [0.29, 0.717) is 17.3 Å². The van der Waals surface area contributed by atoms with Crippen molar-refractivity contribution >= 4 is 17.7 Å². The van der Waals surface area contributed by atoms with E-state index in [4.69, 9.17) is 4.42 Å². The Bertz CT molecular complexity index is 763. The van der Waals surface area contributed by atoms with Crippen LogP contribution in [0.2, 0.25) is 0 Å². The van der Waals surface area contributed by atoms with Crippen LogP contribution < -0.4 is 5.32 Å². The molecule has 3 rings (SSSR count). The van der Waals surface area contributed by atoms with E-state index in [-0.39, 0.29) is 5.91 Å². The van der Waals surface area contributed by atoms with Gasteiger partial charge in [0, 0.05) is 11.6 Å². The van der Waals surface area contributed by atoms with Gasteiger partial charge in [-0.25, -0.2) is 9.97 Å². The Morgan fingerprint density at radius 2 is 1.82 bits per heavy atom. The van der Waals surface area contributed by atoms with Gasteiger partial charge in [-0.05, 0) is 18.2 Å². The largest absolute Gasteiger partial charge is 0.465 e. The average Bonchev–Trinajstić information content (AvgIpc) is 3.08. The zero-order chi connectivity index (χ0) is 15.2. The number of rotatable bonds is 4. The van der Waals surface area contributed by atoms with Crippen LogP contribution in [0.4, 0.5) is 5.69 Å². The van der Waals surface area contributed by atoms with Crippen molar-refractivity contribution in [1.29, 1.82) is 0 Å². The van der Waals surface area contributed by atoms with Gasteiger partial charge in [0.15, 0.2) is 5.82 Å². The van der Waals surface area contributed by atoms with Crippen LogP contribution in [0.15, 0.2) is 71.6 Å². The van der Waals surface area contributed by atoms with Gasteiger partial charge in [0.2, 0.25) is 5.91 Å². The fraction of sp³-hybridized carbons (Fsp3) is 0. The zero-order valence-electron chi connectivity index (χ0n) is 11.6. The minimum Gasteiger partial charge on any atom is -0.465 e. The van der Waals surface area contributed by atoms with Crippen molar-refractivity contribution in [2.75, 3.05) is 5.32 Å². The Morgan fingerprint density at radius 1 is 1.05 bits per heavy atom. The summed E-state index contributed by atoms with van der Waals surface area (Å²) < 4.78 is 5.11. The first-order valence-electron chi connectivity index (χ1n) is 6.71. The third-order valence-corrected chi connectivity index (χ3v) is 2.89. The molecule has 0 spiro atoms. The van der Waals surface area contributed by atoms with E-state index in [1.807, 2.05) is 30.3 Å². The molecular weight excluding hydrogens is 278 g/mol. The third kappa shape index (κ3) is 3.46. The van der Waals surface area contributed by atoms with Crippen LogP contribution in [-0.4, -0.2) is 15.9 Å². The lowest BCUT2D eigenvalue weighted by Gasteiger charge is -2.03. The highest BCUT2D eigenvalue weighted by Gasteiger charge is 2.02. The number of furan rings is 1. The molecule has 0 radical (unpaired) electrons. The second-order valence-corrected chi connectivity index (χ2v) is 4.50. The molecule has 5 heteroatoms. The summed E-state index contributed by atoms with van der Waals surface area (Å²) in [5.41, 5.74) is 1.46. The van der Waals surface area contributed by atoms with E-state index >= 15 is 0 Å². The van der Waals surface area contributed by atoms with E-state index < -0.39 is 0 Å². The number of amides is 1. The van der Waals surface area contributed by atoms with Crippen LogP contribution in [0.5, 0.6) is 0 Å². The van der Waals surface area contributed by atoms with Gasteiger partial charge in [0.25, 0.3) is 0 Å². The van der Waals surface area contributed by atoms with E-state index in [1.54, 1.807) is 36.9 Å². The monoisotopic (exact) mass is 291 g/mol. The SMILES string of the molecule is O=C(/C=C/c1ccco1)Nc1cnc(-c2ccccc2)nc1. The fourth-order valence-electron chi connectivity index (χ4n) is 1.86. The molecular formula is C17H13N3O2. The molecule has 2 aromatic heterocycles. The minimum atomic E-state index is -0.271. The van der Waals surface area contributed by atoms with Crippen LogP contribution in [0.1, 0.15) is 5.76 Å². The number of nitrogens with one attached hydrogen (secondary N) is 1. The van der Waals surface area contributed by atoms with E-state index in [2.05, 4.69) is 15.3 Å². The van der Waals surface area contributed by atoms with Crippen molar-refractivity contribution < 1.29 is 9.21 Å². The number of hydrogen-bond donors (Lipinski definition) is 1. The standard InChI is InChI=1S/C17H13N3O2/c21-16(9-8-15-7-4-10-22-15)20-14-11-18-17(19-12-14)13-5-2-1-3-6-13/h1-12H,(H,20,21)/b9-8+. The number of benzene rings is 1. The van der Waals surface area contributed by atoms with Crippen molar-refractivity contribution in [3.8, 4) is 11.4 Å². The molecule has 1 amide bonds. The molecule has 0 unspecified atom stereocenters. The molecule has 5 nitrogen and oxygen atoms in total. The molecule has 2 heterocycles. The van der Waals surface area contributed by atoms with Gasteiger partial charge < -0.3 is 9.73 Å². The summed E-state index contributed by atoms with van der Waals surface area (Å²) in [5, 5.41) is 2.69. The van der Waals surface area contributed by atoms with Crippen molar-refractivity contribution in [1.82, 2.24) is 9.97 Å². The summed E-state index contributed by atoms with van der Waals surface area (Å²) in [7, 11) is 0. The summed E-state index contributed by atoms with van der Waals surface area (Å²) >= 11 is 0. The zero-order valence-corrected chi connectivity index (χ0v) is 11.6. The van der Waals surface area contributed by atoms with Gasteiger partial charge in [0.1, 0.15) is 5.76 Å². The van der Waals surface area contributed by atoms with Gasteiger partial charge in [0.05, 0.1) is 24.3 Å². The first kappa shape index (κ1) is 13.8. The predicted molar refractivity (Wildman–Crippen MR) is 83.8 cm³/mol. The molecule has 22 heavy (non-hydrogen) atoms. The second-order valence-electron chi connectivity index (χ2n) is 4.50. The van der Waals surface area contributed by atoms with Gasteiger partial charge in [-0.15, -0.1) is 0 Å². The van der Waals surface area contributed by atoms with Gasteiger partial charge in [-0.3, -0.25) is 4.79 Å². The maximum atomic E-state index is 11.8. The molecule has 0 saturated heterocycles. The Labute approximate surface area is 127 Å². The maximum absolute atomic E-state index is 11.8. The van der Waals surface area contributed by atoms with E-state index in [9.17, 15) is 4.79 Å². The van der Waals surface area contributed by atoms with E-state index in [0.717, 1.165) is 5.56 Å². The quantitative estimate of drug-likeness (QED) is 0.748. The second kappa shape index (κ2) is 6.49. The van der Waals surface area contributed by atoms with E-state index in [1.165, 1.54) is 6.08 Å². The maximum Gasteiger partial charge on any atom is 0.248 e. The van der Waals surface area contributed by atoms with Crippen LogP contribution in [0, 0.1) is 0 Å². The smallest absolute Gasteiger partial charge is 0.248 e. The molecule has 0 aliphatic heterocycles. The van der Waals surface area contributed by atoms with Crippen molar-refractivity contribution in [3.05, 3.63) is 73.0 Å². The molecule has 1 aromatic carbocycles. The summed E-state index contributed by atoms with van der Waals surface area (Å²) in [6.45, 7) is 0. The summed E-state index contributed by atoms with van der Waals surface area (Å²) in [6.07, 6.45) is 7.69. The highest BCUT2D eigenvalue weighted by atomic mass is 16.3. The first-order valence-corrected chi connectivity index (χ1v) is 6.71. The Morgan fingerprint density at radius 3 is 2.50 bits per heavy atom. The Hall–Kier alpha value is -3.21. The summed E-state index contributed by atoms with van der Waals surface area (Å²) in [5.74, 6) is 0.961. The van der Waals surface area contributed by atoms with Crippen LogP contribution >= 0.6 is 0 Å². The predicted octanol–water partition coefficient (Wildman–Crippen LogP) is 3.39. The Kier molecular flexibility index (Phi) is 4.06. The van der Waals surface area contributed by atoms with Crippen LogP contribution in [-0.2, 0) is 4.79 Å². The summed E-state index contributed by atoms with van der Waals surface area (Å²) in [4.78, 5) is 20.3. The average molecular weight is 291 g/mol. The minimum absolute atomic E-state index is 0.271. The summed E-state index contributed by atoms with van der Waals surface area (Å²) in [6, 6.07) is 13.2. The number of hydrogen-bond acceptors (Lipinski definition) is 4. The molecule has 3 aromatic rings. The molecule has 0 saturated carbocycles. The Balaban J connectivity index is 1.65. The van der Waals surface area contributed by atoms with Crippen molar-refractivity contribution in [2.24, 2.45) is 0 Å². The lowest BCUT2D eigenvalue weighted by atomic mass is 10.2. The highest BCUT2D eigenvalue weighted by Crippen LogP contribution is 2.14. The van der Waals surface area contributed by atoms with Crippen LogP contribution in [0.3, 0.4) is 0 Å². The van der Waals surface area contributed by atoms with Crippen LogP contribution in [0.25, 0.3) is 17.5 Å². The highest BCUT2D eigenvalue weighted by molar-refractivity contribution is 6.01. The molecule has 0 fully saturated rings. The number of carbonyl (C=O) groups is 1. The number of anilines is 1. The number of aromatic nitrogens is 2. The van der Waals surface area contributed by atoms with Gasteiger partial charge in [-0.2, -0.15) is 0 Å². The molecule has 0 bridgehead atoms. The lowest BCUT2D eigenvalue weighted by molar-refractivity contribution is -0.111. The number of nitrogens with zero attached hydrogens (tertiary/aromatic N) is 2. The number of carbonyl (C=O) groups excluding carboxylic acids is 1. The first-order chi connectivity index (χ1) is 10.8. The van der Waals surface area contributed by atoms with Crippen molar-refractivity contribution in [3.63, 3.8) is 0 Å². The normalized spacial score (nSPS) is 10.7. The molecule has 0 aliphatic carbocycles. The third-order valence-electron chi connectivity index (χ3n) is 2.89. The molecule has 0 atom stereocenters. The topological polar surface area (TPSA) is 68.0 Å². The van der Waals surface area contributed by atoms with Gasteiger partial charge >= 0.3 is 0 Å². The molecule has 1 N–H and O–H groups in total. The van der Waals surface area contributed by atoms with Gasteiger partial charge in [-0.1, -0.05) is 30.3 Å². The molecule has 108 valence electrons. The lowest BCUT2D eigenvalue weighted by Crippen LogP contribution is -2.08. The fourth-order valence-corrected chi connectivity index (χ4v) is 1.86. The van der Waals surface area contributed by atoms with Crippen molar-refractivity contribution in [2.45, 2.75) is 0 Å².